The minimum atomic E-state index is -3.87. The lowest BCUT2D eigenvalue weighted by Crippen LogP contribution is -2.10. The van der Waals surface area contributed by atoms with Crippen LogP contribution in [0.4, 0.5) is 0 Å². The zero-order valence-corrected chi connectivity index (χ0v) is 15.8. The summed E-state index contributed by atoms with van der Waals surface area (Å²) in [7, 11) is -3.87. The summed E-state index contributed by atoms with van der Waals surface area (Å²) in [6.07, 6.45) is 1.89. The second-order valence-corrected chi connectivity index (χ2v) is 8.84. The molecule has 0 aliphatic rings. The van der Waals surface area contributed by atoms with Crippen LogP contribution in [0.25, 0.3) is 0 Å². The highest BCUT2D eigenvalue weighted by molar-refractivity contribution is 7.85. The minimum Gasteiger partial charge on any atom is -0.457 e. The molecule has 0 aromatic heterocycles. The van der Waals surface area contributed by atoms with E-state index in [2.05, 4.69) is 32.9 Å². The predicted octanol–water partition coefficient (Wildman–Crippen LogP) is 4.99. The molecule has 0 fully saturated rings. The second kappa shape index (κ2) is 8.02. The molecule has 5 heteroatoms. The molecule has 25 heavy (non-hydrogen) atoms. The summed E-state index contributed by atoms with van der Waals surface area (Å²) < 4.78 is 36.1. The van der Waals surface area contributed by atoms with Crippen molar-refractivity contribution in [3.8, 4) is 11.5 Å². The van der Waals surface area contributed by atoms with Crippen LogP contribution < -0.4 is 4.74 Å². The van der Waals surface area contributed by atoms with Gasteiger partial charge in [0, 0.05) is 0 Å². The van der Waals surface area contributed by atoms with Crippen LogP contribution in [0.15, 0.2) is 48.5 Å². The summed E-state index contributed by atoms with van der Waals surface area (Å²) in [4.78, 5) is 0. The highest BCUT2D eigenvalue weighted by Crippen LogP contribution is 2.27. The standard InChI is InChI=1S/C20H26O4S/c1-20(2,3)17-10-12-18(13-11-17)24-19-9-6-8-16(15-19)7-4-5-14-25(21,22)23/h6,8-13,15H,4-5,7,14H2,1-3H3,(H,21,22,23). The first-order valence-electron chi connectivity index (χ1n) is 8.46. The molecule has 0 bridgehead atoms. The van der Waals surface area contributed by atoms with Crippen molar-refractivity contribution in [2.24, 2.45) is 0 Å². The van der Waals surface area contributed by atoms with E-state index in [1.807, 2.05) is 36.4 Å². The Morgan fingerprint density at radius 3 is 2.24 bits per heavy atom. The third kappa shape index (κ3) is 6.88. The van der Waals surface area contributed by atoms with Gasteiger partial charge in [0.1, 0.15) is 11.5 Å². The van der Waals surface area contributed by atoms with E-state index in [4.69, 9.17) is 9.29 Å². The molecule has 0 atom stereocenters. The molecule has 0 radical (unpaired) electrons. The molecule has 0 aliphatic heterocycles. The van der Waals surface area contributed by atoms with Gasteiger partial charge in [0.15, 0.2) is 0 Å². The van der Waals surface area contributed by atoms with Crippen LogP contribution in [0.1, 0.15) is 44.7 Å². The Hall–Kier alpha value is -1.85. The van der Waals surface area contributed by atoms with Gasteiger partial charge in [-0.3, -0.25) is 4.55 Å². The van der Waals surface area contributed by atoms with Gasteiger partial charge in [-0.05, 0) is 60.1 Å². The number of benzene rings is 2. The Kier molecular flexibility index (Phi) is 6.25. The van der Waals surface area contributed by atoms with Gasteiger partial charge in [0.25, 0.3) is 10.1 Å². The van der Waals surface area contributed by atoms with Crippen LogP contribution in [0.2, 0.25) is 0 Å². The van der Waals surface area contributed by atoms with Crippen molar-refractivity contribution >= 4 is 10.1 Å². The molecule has 2 rings (SSSR count). The molecule has 2 aromatic carbocycles. The molecule has 0 saturated carbocycles. The normalized spacial score (nSPS) is 12.2. The lowest BCUT2D eigenvalue weighted by molar-refractivity contribution is 0.478. The first kappa shape index (κ1) is 19.5. The molecule has 0 spiro atoms. The fourth-order valence-corrected chi connectivity index (χ4v) is 3.11. The Labute approximate surface area is 150 Å². The number of rotatable bonds is 7. The zero-order chi connectivity index (χ0) is 18.5. The van der Waals surface area contributed by atoms with Gasteiger partial charge in [0.2, 0.25) is 0 Å². The summed E-state index contributed by atoms with van der Waals surface area (Å²) in [6, 6.07) is 15.9. The van der Waals surface area contributed by atoms with Gasteiger partial charge < -0.3 is 4.74 Å². The van der Waals surface area contributed by atoms with Gasteiger partial charge in [-0.15, -0.1) is 0 Å². The molecular formula is C20H26O4S. The highest BCUT2D eigenvalue weighted by Gasteiger charge is 2.13. The third-order valence-electron chi connectivity index (χ3n) is 3.97. The lowest BCUT2D eigenvalue weighted by atomic mass is 9.87. The first-order valence-corrected chi connectivity index (χ1v) is 10.1. The van der Waals surface area contributed by atoms with E-state index < -0.39 is 10.1 Å². The summed E-state index contributed by atoms with van der Waals surface area (Å²) >= 11 is 0. The quantitative estimate of drug-likeness (QED) is 0.557. The van der Waals surface area contributed by atoms with Crippen molar-refractivity contribution in [2.45, 2.75) is 45.4 Å². The fraction of sp³-hybridized carbons (Fsp3) is 0.400. The van der Waals surface area contributed by atoms with Gasteiger partial charge in [0.05, 0.1) is 5.75 Å². The summed E-state index contributed by atoms with van der Waals surface area (Å²) in [5.74, 6) is 1.36. The Balaban J connectivity index is 1.95. The van der Waals surface area contributed by atoms with E-state index in [0.717, 1.165) is 23.5 Å². The van der Waals surface area contributed by atoms with Crippen molar-refractivity contribution < 1.29 is 17.7 Å². The van der Waals surface area contributed by atoms with Gasteiger partial charge in [-0.25, -0.2) is 0 Å². The number of hydrogen-bond acceptors (Lipinski definition) is 3. The maximum atomic E-state index is 10.7. The molecule has 0 unspecified atom stereocenters. The molecule has 0 amide bonds. The van der Waals surface area contributed by atoms with Crippen molar-refractivity contribution in [3.63, 3.8) is 0 Å². The monoisotopic (exact) mass is 362 g/mol. The zero-order valence-electron chi connectivity index (χ0n) is 15.0. The molecule has 1 N–H and O–H groups in total. The number of unbranched alkanes of at least 4 members (excludes halogenated alkanes) is 1. The predicted molar refractivity (Wildman–Crippen MR) is 101 cm³/mol. The van der Waals surface area contributed by atoms with E-state index in [-0.39, 0.29) is 11.2 Å². The SMILES string of the molecule is CC(C)(C)c1ccc(Oc2cccc(CCCCS(=O)(=O)O)c2)cc1. The van der Waals surface area contributed by atoms with E-state index in [9.17, 15) is 8.42 Å². The van der Waals surface area contributed by atoms with E-state index in [1.165, 1.54) is 5.56 Å². The highest BCUT2D eigenvalue weighted by atomic mass is 32.2. The van der Waals surface area contributed by atoms with Gasteiger partial charge in [-0.1, -0.05) is 45.0 Å². The summed E-state index contributed by atoms with van der Waals surface area (Å²) in [5.41, 5.74) is 2.45. The minimum absolute atomic E-state index is 0.112. The van der Waals surface area contributed by atoms with E-state index >= 15 is 0 Å². The maximum absolute atomic E-state index is 10.7. The number of aryl methyl sites for hydroxylation is 1. The molecular weight excluding hydrogens is 336 g/mol. The van der Waals surface area contributed by atoms with Gasteiger partial charge >= 0.3 is 0 Å². The van der Waals surface area contributed by atoms with Crippen LogP contribution in [-0.4, -0.2) is 18.7 Å². The molecule has 0 aliphatic carbocycles. The average molecular weight is 362 g/mol. The number of hydrogen-bond donors (Lipinski definition) is 1. The molecule has 2 aromatic rings. The third-order valence-corrected chi connectivity index (χ3v) is 4.78. The second-order valence-electron chi connectivity index (χ2n) is 7.27. The number of ether oxygens (including phenoxy) is 1. The van der Waals surface area contributed by atoms with Gasteiger partial charge in [-0.2, -0.15) is 8.42 Å². The van der Waals surface area contributed by atoms with Crippen molar-refractivity contribution in [2.75, 3.05) is 5.75 Å². The van der Waals surface area contributed by atoms with Crippen molar-refractivity contribution in [3.05, 3.63) is 59.7 Å². The summed E-state index contributed by atoms with van der Waals surface area (Å²) in [5, 5.41) is 0. The van der Waals surface area contributed by atoms with Crippen LogP contribution in [-0.2, 0) is 22.0 Å². The Morgan fingerprint density at radius 1 is 0.960 bits per heavy atom. The van der Waals surface area contributed by atoms with Crippen LogP contribution in [0.3, 0.4) is 0 Å². The van der Waals surface area contributed by atoms with E-state index in [0.29, 0.717) is 12.8 Å². The largest absolute Gasteiger partial charge is 0.457 e. The van der Waals surface area contributed by atoms with Crippen LogP contribution >= 0.6 is 0 Å². The topological polar surface area (TPSA) is 63.6 Å². The molecule has 0 heterocycles. The van der Waals surface area contributed by atoms with E-state index in [1.54, 1.807) is 0 Å². The fourth-order valence-electron chi connectivity index (χ4n) is 2.54. The molecule has 0 saturated heterocycles. The van der Waals surface area contributed by atoms with Crippen LogP contribution in [0, 0.1) is 0 Å². The smallest absolute Gasteiger partial charge is 0.264 e. The Bertz CT molecular complexity index is 787. The first-order chi connectivity index (χ1) is 11.6. The van der Waals surface area contributed by atoms with Crippen molar-refractivity contribution in [1.82, 2.24) is 0 Å². The lowest BCUT2D eigenvalue weighted by Gasteiger charge is -2.19. The summed E-state index contributed by atoms with van der Waals surface area (Å²) in [6.45, 7) is 6.52. The molecule has 4 nitrogen and oxygen atoms in total. The maximum Gasteiger partial charge on any atom is 0.264 e. The van der Waals surface area contributed by atoms with Crippen LogP contribution in [0.5, 0.6) is 11.5 Å². The molecule has 136 valence electrons. The Morgan fingerprint density at radius 2 is 1.64 bits per heavy atom. The van der Waals surface area contributed by atoms with Crippen molar-refractivity contribution in [1.29, 1.82) is 0 Å². The average Bonchev–Trinajstić information content (AvgIpc) is 2.51.